The van der Waals surface area contributed by atoms with Crippen LogP contribution in [0, 0.1) is 10.1 Å². The maximum absolute atomic E-state index is 10.8. The van der Waals surface area contributed by atoms with Crippen LogP contribution in [-0.4, -0.2) is 9.91 Å². The number of halogens is 1. The normalized spacial score (nSPS) is 10.2. The van der Waals surface area contributed by atoms with E-state index in [1.54, 1.807) is 12.1 Å². The molecule has 1 aromatic heterocycles. The van der Waals surface area contributed by atoms with Crippen molar-refractivity contribution >= 4 is 34.9 Å². The smallest absolute Gasteiger partial charge is 0.275 e. The van der Waals surface area contributed by atoms with E-state index in [4.69, 9.17) is 17.4 Å². The zero-order valence-corrected chi connectivity index (χ0v) is 11.1. The standard InChI is InChI=1S/C11H9ClN4O2S/c12-8-3-1-2-4-9(8)19-11-6-7(16(17)18)5-10(14-11)15-13/h1-6H,13H2,(H,14,15). The molecular weight excluding hydrogens is 288 g/mol. The number of hydrogen-bond donors (Lipinski definition) is 2. The van der Waals surface area contributed by atoms with E-state index < -0.39 is 4.92 Å². The third-order valence-electron chi connectivity index (χ3n) is 2.20. The van der Waals surface area contributed by atoms with Crippen molar-refractivity contribution in [2.75, 3.05) is 5.43 Å². The lowest BCUT2D eigenvalue weighted by Crippen LogP contribution is -2.09. The summed E-state index contributed by atoms with van der Waals surface area (Å²) in [6, 6.07) is 9.81. The van der Waals surface area contributed by atoms with E-state index in [0.717, 1.165) is 4.90 Å². The number of pyridine rings is 1. The minimum absolute atomic E-state index is 0.0856. The molecule has 0 bridgehead atoms. The van der Waals surface area contributed by atoms with Crippen LogP contribution in [0.5, 0.6) is 0 Å². The SMILES string of the molecule is NNc1cc([N+](=O)[O-])cc(Sc2ccccc2Cl)n1. The highest BCUT2D eigenvalue weighted by Gasteiger charge is 2.12. The second-order valence-corrected chi connectivity index (χ2v) is 4.95. The van der Waals surface area contributed by atoms with Crippen molar-refractivity contribution < 1.29 is 4.92 Å². The molecule has 0 aliphatic rings. The van der Waals surface area contributed by atoms with Crippen LogP contribution >= 0.6 is 23.4 Å². The van der Waals surface area contributed by atoms with Crippen molar-refractivity contribution in [2.24, 2.45) is 5.84 Å². The number of nitrogen functional groups attached to an aromatic ring is 1. The van der Waals surface area contributed by atoms with E-state index in [1.807, 2.05) is 12.1 Å². The molecule has 0 fully saturated rings. The number of anilines is 1. The summed E-state index contributed by atoms with van der Waals surface area (Å²) in [6.07, 6.45) is 0. The quantitative estimate of drug-likeness (QED) is 0.511. The molecule has 0 saturated carbocycles. The van der Waals surface area contributed by atoms with Gasteiger partial charge in [-0.05, 0) is 12.1 Å². The van der Waals surface area contributed by atoms with Crippen LogP contribution in [0.1, 0.15) is 0 Å². The molecule has 0 aliphatic carbocycles. The van der Waals surface area contributed by atoms with E-state index >= 15 is 0 Å². The Labute approximate surface area is 118 Å². The van der Waals surface area contributed by atoms with Gasteiger partial charge in [0, 0.05) is 11.0 Å². The minimum atomic E-state index is -0.501. The van der Waals surface area contributed by atoms with Crippen molar-refractivity contribution in [2.45, 2.75) is 9.92 Å². The van der Waals surface area contributed by atoms with Gasteiger partial charge in [0.05, 0.1) is 16.0 Å². The number of rotatable bonds is 4. The zero-order chi connectivity index (χ0) is 13.8. The lowest BCUT2D eigenvalue weighted by atomic mass is 10.4. The second kappa shape index (κ2) is 5.87. The molecule has 0 spiro atoms. The minimum Gasteiger partial charge on any atom is -0.308 e. The fourth-order valence-electron chi connectivity index (χ4n) is 1.36. The van der Waals surface area contributed by atoms with Crippen LogP contribution < -0.4 is 11.3 Å². The number of hydrogen-bond acceptors (Lipinski definition) is 6. The molecule has 0 unspecified atom stereocenters. The van der Waals surface area contributed by atoms with Gasteiger partial charge in [-0.1, -0.05) is 35.5 Å². The number of nitrogens with zero attached hydrogens (tertiary/aromatic N) is 2. The number of hydrazine groups is 1. The molecule has 0 aliphatic heterocycles. The highest BCUT2D eigenvalue weighted by Crippen LogP contribution is 2.34. The molecule has 3 N–H and O–H groups in total. The summed E-state index contributed by atoms with van der Waals surface area (Å²) in [5.74, 6) is 5.47. The van der Waals surface area contributed by atoms with Crippen molar-refractivity contribution in [1.29, 1.82) is 0 Å². The Morgan fingerprint density at radius 2 is 2.11 bits per heavy atom. The third-order valence-corrected chi connectivity index (χ3v) is 3.63. The van der Waals surface area contributed by atoms with Crippen molar-refractivity contribution in [1.82, 2.24) is 4.98 Å². The Morgan fingerprint density at radius 1 is 1.37 bits per heavy atom. The molecule has 19 heavy (non-hydrogen) atoms. The van der Waals surface area contributed by atoms with Crippen LogP contribution in [0.15, 0.2) is 46.3 Å². The van der Waals surface area contributed by atoms with Gasteiger partial charge in [0.15, 0.2) is 0 Å². The van der Waals surface area contributed by atoms with Gasteiger partial charge < -0.3 is 5.43 Å². The van der Waals surface area contributed by atoms with Crippen LogP contribution in [-0.2, 0) is 0 Å². The van der Waals surface area contributed by atoms with Crippen molar-refractivity contribution in [3.63, 3.8) is 0 Å². The lowest BCUT2D eigenvalue weighted by molar-refractivity contribution is -0.385. The van der Waals surface area contributed by atoms with Crippen molar-refractivity contribution in [3.05, 3.63) is 51.5 Å². The first kappa shape index (κ1) is 13.6. The van der Waals surface area contributed by atoms with E-state index in [9.17, 15) is 10.1 Å². The molecular formula is C11H9ClN4O2S. The first-order valence-electron chi connectivity index (χ1n) is 5.15. The van der Waals surface area contributed by atoms with E-state index in [2.05, 4.69) is 10.4 Å². The Balaban J connectivity index is 2.37. The number of nitrogens with two attached hydrogens (primary N) is 1. The maximum Gasteiger partial charge on any atom is 0.275 e. The predicted octanol–water partition coefficient (Wildman–Crippen LogP) is 3.08. The topological polar surface area (TPSA) is 94.1 Å². The van der Waals surface area contributed by atoms with Gasteiger partial charge in [0.2, 0.25) is 0 Å². The summed E-state index contributed by atoms with van der Waals surface area (Å²) in [6.45, 7) is 0. The van der Waals surface area contributed by atoms with Gasteiger partial charge in [-0.25, -0.2) is 10.8 Å². The fraction of sp³-hybridized carbons (Fsp3) is 0. The number of benzene rings is 1. The first-order chi connectivity index (χ1) is 9.10. The Bertz CT molecular complexity index is 623. The van der Waals surface area contributed by atoms with Crippen LogP contribution in [0.4, 0.5) is 11.5 Å². The van der Waals surface area contributed by atoms with Gasteiger partial charge in [0.1, 0.15) is 10.8 Å². The average molecular weight is 297 g/mol. The molecule has 2 rings (SSSR count). The molecule has 1 aromatic carbocycles. The van der Waals surface area contributed by atoms with Gasteiger partial charge in [-0.15, -0.1) is 0 Å². The highest BCUT2D eigenvalue weighted by molar-refractivity contribution is 7.99. The van der Waals surface area contributed by atoms with Crippen LogP contribution in [0.25, 0.3) is 0 Å². The van der Waals surface area contributed by atoms with E-state index in [0.29, 0.717) is 10.0 Å². The van der Waals surface area contributed by atoms with Gasteiger partial charge >= 0.3 is 0 Å². The summed E-state index contributed by atoms with van der Waals surface area (Å²) >= 11 is 7.26. The summed E-state index contributed by atoms with van der Waals surface area (Å²) in [5, 5.41) is 11.8. The van der Waals surface area contributed by atoms with Crippen LogP contribution in [0.2, 0.25) is 5.02 Å². The van der Waals surface area contributed by atoms with E-state index in [1.165, 1.54) is 23.9 Å². The Morgan fingerprint density at radius 3 is 2.74 bits per heavy atom. The summed E-state index contributed by atoms with van der Waals surface area (Å²) < 4.78 is 0. The fourth-order valence-corrected chi connectivity index (χ4v) is 2.48. The van der Waals surface area contributed by atoms with Crippen molar-refractivity contribution in [3.8, 4) is 0 Å². The Hall–Kier alpha value is -1.83. The average Bonchev–Trinajstić information content (AvgIpc) is 2.41. The molecule has 0 radical (unpaired) electrons. The molecule has 1 heterocycles. The molecule has 98 valence electrons. The highest BCUT2D eigenvalue weighted by atomic mass is 35.5. The number of aromatic nitrogens is 1. The Kier molecular flexibility index (Phi) is 4.20. The van der Waals surface area contributed by atoms with Gasteiger partial charge in [0.25, 0.3) is 5.69 Å². The summed E-state index contributed by atoms with van der Waals surface area (Å²) in [4.78, 5) is 15.2. The summed E-state index contributed by atoms with van der Waals surface area (Å²) in [5.41, 5.74) is 2.22. The molecule has 0 saturated heterocycles. The van der Waals surface area contributed by atoms with E-state index in [-0.39, 0.29) is 11.5 Å². The molecule has 8 heteroatoms. The van der Waals surface area contributed by atoms with Gasteiger partial charge in [-0.2, -0.15) is 0 Å². The monoisotopic (exact) mass is 296 g/mol. The molecule has 0 amide bonds. The third kappa shape index (κ3) is 3.34. The second-order valence-electron chi connectivity index (χ2n) is 3.48. The largest absolute Gasteiger partial charge is 0.308 e. The molecule has 6 nitrogen and oxygen atoms in total. The predicted molar refractivity (Wildman–Crippen MR) is 74.3 cm³/mol. The molecule has 0 atom stereocenters. The molecule has 2 aromatic rings. The van der Waals surface area contributed by atoms with Crippen LogP contribution in [0.3, 0.4) is 0 Å². The van der Waals surface area contributed by atoms with Gasteiger partial charge in [-0.3, -0.25) is 10.1 Å². The summed E-state index contributed by atoms with van der Waals surface area (Å²) in [7, 11) is 0. The number of nitrogens with one attached hydrogen (secondary N) is 1. The zero-order valence-electron chi connectivity index (χ0n) is 9.54. The number of nitro groups is 1. The maximum atomic E-state index is 10.8. The lowest BCUT2D eigenvalue weighted by Gasteiger charge is -2.05. The first-order valence-corrected chi connectivity index (χ1v) is 6.35.